The lowest BCUT2D eigenvalue weighted by molar-refractivity contribution is 0.262. The van der Waals surface area contributed by atoms with Gasteiger partial charge < -0.3 is 10.6 Å². The quantitative estimate of drug-likeness (QED) is 0.750. The number of anilines is 2. The van der Waals surface area contributed by atoms with E-state index < -0.39 is 0 Å². The summed E-state index contributed by atoms with van der Waals surface area (Å²) in [5.74, 6) is 0. The minimum atomic E-state index is -0.227. The second-order valence-electron chi connectivity index (χ2n) is 6.11. The number of carbonyl (C=O) groups is 1. The van der Waals surface area contributed by atoms with Crippen molar-refractivity contribution >= 4 is 29.2 Å². The van der Waals surface area contributed by atoms with Crippen LogP contribution in [0.25, 0.3) is 0 Å². The summed E-state index contributed by atoms with van der Waals surface area (Å²) in [5.41, 5.74) is 2.72. The topological polar surface area (TPSA) is 41.1 Å². The van der Waals surface area contributed by atoms with E-state index in [9.17, 15) is 4.79 Å². The van der Waals surface area contributed by atoms with Gasteiger partial charge >= 0.3 is 6.03 Å². The van der Waals surface area contributed by atoms with Crippen LogP contribution in [0.15, 0.2) is 53.4 Å². The Morgan fingerprint density at radius 3 is 2.41 bits per heavy atom. The Morgan fingerprint density at radius 2 is 1.73 bits per heavy atom. The molecule has 2 aromatic carbocycles. The third-order valence-electron chi connectivity index (χ3n) is 3.31. The molecule has 0 aromatic heterocycles. The second kappa shape index (κ2) is 6.88. The molecule has 0 bridgehead atoms. The van der Waals surface area contributed by atoms with E-state index in [4.69, 9.17) is 0 Å². The van der Waals surface area contributed by atoms with Crippen LogP contribution >= 0.6 is 11.8 Å². The Bertz CT molecular complexity index is 662. The summed E-state index contributed by atoms with van der Waals surface area (Å²) in [5, 5.41) is 5.83. The van der Waals surface area contributed by atoms with Gasteiger partial charge in [0, 0.05) is 16.3 Å². The van der Waals surface area contributed by atoms with Crippen molar-refractivity contribution in [3.63, 3.8) is 0 Å². The van der Waals surface area contributed by atoms with Gasteiger partial charge in [0.25, 0.3) is 0 Å². The molecule has 0 aliphatic carbocycles. The van der Waals surface area contributed by atoms with Crippen LogP contribution < -0.4 is 10.6 Å². The van der Waals surface area contributed by atoms with Crippen LogP contribution in [0.2, 0.25) is 0 Å². The SMILES string of the molecule is CSc1cccc(NC(=O)Nc2ccccc2C(C)(C)C)c1. The van der Waals surface area contributed by atoms with Gasteiger partial charge in [-0.05, 0) is 41.5 Å². The van der Waals surface area contributed by atoms with Crippen LogP contribution in [0.4, 0.5) is 16.2 Å². The summed E-state index contributed by atoms with van der Waals surface area (Å²) < 4.78 is 0. The second-order valence-corrected chi connectivity index (χ2v) is 6.99. The number of rotatable bonds is 3. The predicted molar refractivity (Wildman–Crippen MR) is 96.0 cm³/mol. The van der Waals surface area contributed by atoms with Crippen molar-refractivity contribution in [2.75, 3.05) is 16.9 Å². The molecule has 3 nitrogen and oxygen atoms in total. The molecule has 2 N–H and O–H groups in total. The van der Waals surface area contributed by atoms with E-state index in [0.717, 1.165) is 21.8 Å². The van der Waals surface area contributed by atoms with Crippen LogP contribution in [0, 0.1) is 0 Å². The zero-order valence-electron chi connectivity index (χ0n) is 13.4. The van der Waals surface area contributed by atoms with Crippen molar-refractivity contribution in [3.8, 4) is 0 Å². The Morgan fingerprint density at radius 1 is 1.00 bits per heavy atom. The fourth-order valence-corrected chi connectivity index (χ4v) is 2.69. The highest BCUT2D eigenvalue weighted by Crippen LogP contribution is 2.29. The minimum absolute atomic E-state index is 0.0252. The third kappa shape index (κ3) is 4.28. The van der Waals surface area contributed by atoms with Crippen LogP contribution in [-0.2, 0) is 5.41 Å². The average Bonchev–Trinajstić information content (AvgIpc) is 2.46. The molecule has 0 radical (unpaired) electrons. The molecule has 0 unspecified atom stereocenters. The molecule has 22 heavy (non-hydrogen) atoms. The molecule has 2 amide bonds. The van der Waals surface area contributed by atoms with Gasteiger partial charge in [-0.25, -0.2) is 4.79 Å². The number of amides is 2. The molecule has 4 heteroatoms. The molecule has 116 valence electrons. The van der Waals surface area contributed by atoms with Crippen molar-refractivity contribution < 1.29 is 4.79 Å². The summed E-state index contributed by atoms with van der Waals surface area (Å²) in [7, 11) is 0. The van der Waals surface area contributed by atoms with E-state index >= 15 is 0 Å². The largest absolute Gasteiger partial charge is 0.323 e. The lowest BCUT2D eigenvalue weighted by Gasteiger charge is -2.23. The molecule has 0 saturated heterocycles. The summed E-state index contributed by atoms with van der Waals surface area (Å²) >= 11 is 1.65. The van der Waals surface area contributed by atoms with Crippen molar-refractivity contribution in [1.29, 1.82) is 0 Å². The van der Waals surface area contributed by atoms with Gasteiger partial charge in [-0.2, -0.15) is 0 Å². The van der Waals surface area contributed by atoms with E-state index in [0.29, 0.717) is 0 Å². The van der Waals surface area contributed by atoms with Crippen molar-refractivity contribution in [2.45, 2.75) is 31.1 Å². The number of thioether (sulfide) groups is 1. The fraction of sp³-hybridized carbons (Fsp3) is 0.278. The number of benzene rings is 2. The smallest absolute Gasteiger partial charge is 0.308 e. The molecule has 0 aliphatic rings. The first-order valence-corrected chi connectivity index (χ1v) is 8.44. The number of nitrogens with one attached hydrogen (secondary N) is 2. The van der Waals surface area contributed by atoms with Gasteiger partial charge in [-0.1, -0.05) is 45.0 Å². The number of hydrogen-bond donors (Lipinski definition) is 2. The first-order chi connectivity index (χ1) is 10.4. The monoisotopic (exact) mass is 314 g/mol. The summed E-state index contributed by atoms with van der Waals surface area (Å²) in [6.45, 7) is 6.40. The zero-order valence-corrected chi connectivity index (χ0v) is 14.3. The van der Waals surface area contributed by atoms with Crippen LogP contribution in [0.1, 0.15) is 26.3 Å². The molecule has 0 saturated carbocycles. The average molecular weight is 314 g/mol. The van der Waals surface area contributed by atoms with Gasteiger partial charge in [-0.3, -0.25) is 0 Å². The van der Waals surface area contributed by atoms with E-state index in [1.165, 1.54) is 0 Å². The number of para-hydroxylation sites is 1. The maximum atomic E-state index is 12.2. The van der Waals surface area contributed by atoms with Crippen LogP contribution in [-0.4, -0.2) is 12.3 Å². The molecule has 0 aliphatic heterocycles. The lowest BCUT2D eigenvalue weighted by Crippen LogP contribution is -2.22. The zero-order chi connectivity index (χ0) is 16.2. The van der Waals surface area contributed by atoms with Gasteiger partial charge in [0.1, 0.15) is 0 Å². The Hall–Kier alpha value is -1.94. The van der Waals surface area contributed by atoms with Crippen molar-refractivity contribution in [2.24, 2.45) is 0 Å². The molecule has 2 rings (SSSR count). The molecule has 0 heterocycles. The number of carbonyl (C=O) groups excluding carboxylic acids is 1. The van der Waals surface area contributed by atoms with Gasteiger partial charge in [0.05, 0.1) is 0 Å². The van der Waals surface area contributed by atoms with E-state index in [2.05, 4.69) is 31.4 Å². The number of hydrogen-bond acceptors (Lipinski definition) is 2. The van der Waals surface area contributed by atoms with Gasteiger partial charge in [0.2, 0.25) is 0 Å². The third-order valence-corrected chi connectivity index (χ3v) is 4.04. The molecule has 2 aromatic rings. The first kappa shape index (κ1) is 16.4. The first-order valence-electron chi connectivity index (χ1n) is 7.22. The number of urea groups is 1. The van der Waals surface area contributed by atoms with Crippen LogP contribution in [0.3, 0.4) is 0 Å². The normalized spacial score (nSPS) is 11.1. The van der Waals surface area contributed by atoms with Gasteiger partial charge in [-0.15, -0.1) is 11.8 Å². The summed E-state index contributed by atoms with van der Waals surface area (Å²) in [6.07, 6.45) is 2.01. The lowest BCUT2D eigenvalue weighted by atomic mass is 9.86. The maximum Gasteiger partial charge on any atom is 0.323 e. The predicted octanol–water partition coefficient (Wildman–Crippen LogP) is 5.35. The summed E-state index contributed by atoms with van der Waals surface area (Å²) in [6, 6.07) is 15.5. The Kier molecular flexibility index (Phi) is 5.14. The van der Waals surface area contributed by atoms with E-state index in [1.54, 1.807) is 11.8 Å². The van der Waals surface area contributed by atoms with Crippen LogP contribution in [0.5, 0.6) is 0 Å². The standard InChI is InChI=1S/C18H22N2OS/c1-18(2,3)15-10-5-6-11-16(15)20-17(21)19-13-8-7-9-14(12-13)22-4/h5-12H,1-4H3,(H2,19,20,21). The highest BCUT2D eigenvalue weighted by atomic mass is 32.2. The Balaban J connectivity index is 2.13. The van der Waals surface area contributed by atoms with Crippen molar-refractivity contribution in [3.05, 3.63) is 54.1 Å². The summed E-state index contributed by atoms with van der Waals surface area (Å²) in [4.78, 5) is 13.4. The van der Waals surface area contributed by atoms with E-state index in [1.807, 2.05) is 54.8 Å². The molecule has 0 spiro atoms. The highest BCUT2D eigenvalue weighted by Gasteiger charge is 2.18. The Labute approximate surface area is 136 Å². The molecule has 0 fully saturated rings. The molecule has 0 atom stereocenters. The highest BCUT2D eigenvalue weighted by molar-refractivity contribution is 7.98. The molecular formula is C18H22N2OS. The molecular weight excluding hydrogens is 292 g/mol. The van der Waals surface area contributed by atoms with E-state index in [-0.39, 0.29) is 11.4 Å². The van der Waals surface area contributed by atoms with Crippen molar-refractivity contribution in [1.82, 2.24) is 0 Å². The minimum Gasteiger partial charge on any atom is -0.308 e. The fourth-order valence-electron chi connectivity index (χ4n) is 2.23. The maximum absolute atomic E-state index is 12.2. The van der Waals surface area contributed by atoms with Gasteiger partial charge in [0.15, 0.2) is 0 Å².